The van der Waals surface area contributed by atoms with Gasteiger partial charge in [0, 0.05) is 31.4 Å². The number of carbonyl (C=O) groups is 1. The Labute approximate surface area is 153 Å². The predicted octanol–water partition coefficient (Wildman–Crippen LogP) is 3.23. The van der Waals surface area contributed by atoms with E-state index in [1.807, 2.05) is 30.3 Å². The second-order valence-corrected chi connectivity index (χ2v) is 8.54. The average Bonchev–Trinajstić information content (AvgIpc) is 2.54. The number of hydrogen-bond donors (Lipinski definition) is 1. The summed E-state index contributed by atoms with van der Waals surface area (Å²) in [5.41, 5.74) is 2.51. The van der Waals surface area contributed by atoms with Gasteiger partial charge in [0.05, 0.1) is 5.75 Å². The van der Waals surface area contributed by atoms with Crippen LogP contribution < -0.4 is 5.32 Å². The summed E-state index contributed by atoms with van der Waals surface area (Å²) in [4.78, 5) is 13.7. The Balaban J connectivity index is 1.88. The van der Waals surface area contributed by atoms with Crippen molar-refractivity contribution in [3.05, 3.63) is 70.2 Å². The third-order valence-electron chi connectivity index (χ3n) is 3.61. The smallest absolute Gasteiger partial charge is 0.317 e. The molecule has 0 aliphatic rings. The van der Waals surface area contributed by atoms with Crippen LogP contribution in [-0.4, -0.2) is 32.7 Å². The molecule has 5 nitrogen and oxygen atoms in total. The van der Waals surface area contributed by atoms with Crippen molar-refractivity contribution in [2.75, 3.05) is 13.3 Å². The van der Waals surface area contributed by atoms with Gasteiger partial charge in [0.2, 0.25) is 0 Å². The largest absolute Gasteiger partial charge is 0.334 e. The Morgan fingerprint density at radius 1 is 1.08 bits per heavy atom. The minimum absolute atomic E-state index is 0.0141. The molecule has 2 aromatic rings. The lowest BCUT2D eigenvalue weighted by Crippen LogP contribution is -2.36. The molecule has 0 aromatic heterocycles. The first kappa shape index (κ1) is 19.3. The van der Waals surface area contributed by atoms with E-state index in [0.717, 1.165) is 16.7 Å². The molecule has 2 aromatic carbocycles. The van der Waals surface area contributed by atoms with Crippen LogP contribution in [0.2, 0.25) is 5.02 Å². The maximum Gasteiger partial charge on any atom is 0.317 e. The van der Waals surface area contributed by atoms with Gasteiger partial charge in [-0.05, 0) is 22.8 Å². The molecule has 1 N–H and O–H groups in total. The second kappa shape index (κ2) is 8.36. The molecule has 7 heteroatoms. The third kappa shape index (κ3) is 6.40. The van der Waals surface area contributed by atoms with Crippen molar-refractivity contribution >= 4 is 27.5 Å². The lowest BCUT2D eigenvalue weighted by molar-refractivity contribution is 0.206. The number of sulfone groups is 1. The quantitative estimate of drug-likeness (QED) is 0.836. The zero-order valence-electron chi connectivity index (χ0n) is 14.2. The van der Waals surface area contributed by atoms with E-state index in [0.29, 0.717) is 18.1 Å². The Kier molecular flexibility index (Phi) is 6.45. The van der Waals surface area contributed by atoms with E-state index in [2.05, 4.69) is 5.32 Å². The van der Waals surface area contributed by atoms with Crippen molar-refractivity contribution in [2.45, 2.75) is 18.8 Å². The molecular formula is C18H21ClN2O3S. The fourth-order valence-electron chi connectivity index (χ4n) is 2.32. The highest BCUT2D eigenvalue weighted by molar-refractivity contribution is 7.89. The fourth-order valence-corrected chi connectivity index (χ4v) is 3.32. The Morgan fingerprint density at radius 2 is 1.68 bits per heavy atom. The van der Waals surface area contributed by atoms with Gasteiger partial charge in [-0.1, -0.05) is 54.1 Å². The highest BCUT2D eigenvalue weighted by Gasteiger charge is 2.10. The predicted molar refractivity (Wildman–Crippen MR) is 100 cm³/mol. The number of halogens is 1. The summed E-state index contributed by atoms with van der Waals surface area (Å²) in [5.74, 6) is 0.0141. The van der Waals surface area contributed by atoms with Crippen LogP contribution in [0.15, 0.2) is 48.5 Å². The van der Waals surface area contributed by atoms with Gasteiger partial charge >= 0.3 is 6.03 Å². The number of urea groups is 1. The van der Waals surface area contributed by atoms with E-state index in [1.54, 1.807) is 30.1 Å². The third-order valence-corrected chi connectivity index (χ3v) is 4.83. The summed E-state index contributed by atoms with van der Waals surface area (Å²) in [6, 6.07) is 14.3. The zero-order valence-corrected chi connectivity index (χ0v) is 15.8. The zero-order chi connectivity index (χ0) is 18.4. The summed E-state index contributed by atoms with van der Waals surface area (Å²) in [7, 11) is -1.35. The van der Waals surface area contributed by atoms with Crippen molar-refractivity contribution in [1.82, 2.24) is 10.2 Å². The van der Waals surface area contributed by atoms with Crippen molar-refractivity contribution in [2.24, 2.45) is 0 Å². The van der Waals surface area contributed by atoms with Gasteiger partial charge < -0.3 is 10.2 Å². The molecule has 0 radical (unpaired) electrons. The molecule has 0 saturated carbocycles. The molecule has 0 bridgehead atoms. The number of carbonyl (C=O) groups excluding carboxylic acids is 1. The number of nitrogens with zero attached hydrogens (tertiary/aromatic N) is 1. The molecule has 2 amide bonds. The maximum absolute atomic E-state index is 12.2. The molecule has 0 spiro atoms. The normalized spacial score (nSPS) is 11.2. The molecule has 0 unspecified atom stereocenters. The van der Waals surface area contributed by atoms with E-state index in [1.165, 1.54) is 6.26 Å². The fraction of sp³-hybridized carbons (Fsp3) is 0.278. The Bertz CT molecular complexity index is 836. The topological polar surface area (TPSA) is 66.5 Å². The van der Waals surface area contributed by atoms with Gasteiger partial charge in [-0.25, -0.2) is 13.2 Å². The molecule has 0 saturated heterocycles. The number of benzene rings is 2. The molecule has 0 fully saturated rings. The van der Waals surface area contributed by atoms with Crippen LogP contribution >= 0.6 is 11.6 Å². The molecule has 0 aliphatic carbocycles. The maximum atomic E-state index is 12.2. The second-order valence-electron chi connectivity index (χ2n) is 5.99. The van der Waals surface area contributed by atoms with Crippen molar-refractivity contribution in [3.8, 4) is 0 Å². The van der Waals surface area contributed by atoms with E-state index in [4.69, 9.17) is 11.6 Å². The van der Waals surface area contributed by atoms with Crippen LogP contribution in [0.25, 0.3) is 0 Å². The van der Waals surface area contributed by atoms with Gasteiger partial charge in [-0.3, -0.25) is 0 Å². The molecule has 0 aliphatic heterocycles. The number of rotatable bonds is 6. The van der Waals surface area contributed by atoms with Crippen molar-refractivity contribution in [1.29, 1.82) is 0 Å². The molecule has 25 heavy (non-hydrogen) atoms. The lowest BCUT2D eigenvalue weighted by atomic mass is 10.1. The van der Waals surface area contributed by atoms with E-state index < -0.39 is 9.84 Å². The van der Waals surface area contributed by atoms with Crippen LogP contribution in [0.4, 0.5) is 4.79 Å². The van der Waals surface area contributed by atoms with Crippen LogP contribution in [0, 0.1) is 0 Å². The summed E-state index contributed by atoms with van der Waals surface area (Å²) < 4.78 is 22.6. The summed E-state index contributed by atoms with van der Waals surface area (Å²) in [5, 5.41) is 3.46. The number of amides is 2. The first-order valence-electron chi connectivity index (χ1n) is 7.72. The Hall–Kier alpha value is -2.05. The van der Waals surface area contributed by atoms with Crippen LogP contribution in [0.3, 0.4) is 0 Å². The molecule has 0 heterocycles. The Morgan fingerprint density at radius 3 is 2.28 bits per heavy atom. The summed E-state index contributed by atoms with van der Waals surface area (Å²) in [6.07, 6.45) is 1.20. The van der Waals surface area contributed by atoms with Gasteiger partial charge in [-0.2, -0.15) is 0 Å². The highest BCUT2D eigenvalue weighted by Crippen LogP contribution is 2.16. The molecule has 134 valence electrons. The summed E-state index contributed by atoms with van der Waals surface area (Å²) in [6.45, 7) is 0.781. The van der Waals surface area contributed by atoms with Crippen LogP contribution in [-0.2, 0) is 28.7 Å². The summed E-state index contributed by atoms with van der Waals surface area (Å²) >= 11 is 6.11. The molecule has 2 rings (SSSR count). The SMILES string of the molecule is CN(Cc1ccccc1Cl)C(=O)NCc1ccc(CS(C)(=O)=O)cc1. The van der Waals surface area contributed by atoms with Crippen LogP contribution in [0.1, 0.15) is 16.7 Å². The minimum atomic E-state index is -3.05. The number of nitrogens with one attached hydrogen (secondary N) is 1. The molecular weight excluding hydrogens is 360 g/mol. The van der Waals surface area contributed by atoms with E-state index >= 15 is 0 Å². The van der Waals surface area contributed by atoms with E-state index in [-0.39, 0.29) is 11.8 Å². The molecule has 0 atom stereocenters. The van der Waals surface area contributed by atoms with Gasteiger partial charge in [-0.15, -0.1) is 0 Å². The number of hydrogen-bond acceptors (Lipinski definition) is 3. The van der Waals surface area contributed by atoms with Gasteiger partial charge in [0.15, 0.2) is 9.84 Å². The van der Waals surface area contributed by atoms with Gasteiger partial charge in [0.25, 0.3) is 0 Å². The van der Waals surface area contributed by atoms with E-state index in [9.17, 15) is 13.2 Å². The average molecular weight is 381 g/mol. The van der Waals surface area contributed by atoms with Gasteiger partial charge in [0.1, 0.15) is 0 Å². The van der Waals surface area contributed by atoms with Crippen molar-refractivity contribution < 1.29 is 13.2 Å². The standard InChI is InChI=1S/C18H21ClN2O3S/c1-21(12-16-5-3-4-6-17(16)19)18(22)20-11-14-7-9-15(10-8-14)13-25(2,23)24/h3-10H,11-13H2,1-2H3,(H,20,22). The lowest BCUT2D eigenvalue weighted by Gasteiger charge is -2.18. The minimum Gasteiger partial charge on any atom is -0.334 e. The first-order valence-corrected chi connectivity index (χ1v) is 10.2. The van der Waals surface area contributed by atoms with Crippen molar-refractivity contribution in [3.63, 3.8) is 0 Å². The monoisotopic (exact) mass is 380 g/mol. The first-order chi connectivity index (χ1) is 11.7. The highest BCUT2D eigenvalue weighted by atomic mass is 35.5. The van der Waals surface area contributed by atoms with Crippen LogP contribution in [0.5, 0.6) is 0 Å².